The minimum Gasteiger partial charge on any atom is -0.504 e. The van der Waals surface area contributed by atoms with Crippen LogP contribution in [0.2, 0.25) is 0 Å². The van der Waals surface area contributed by atoms with E-state index in [2.05, 4.69) is 0 Å². The van der Waals surface area contributed by atoms with Gasteiger partial charge in [-0.05, 0) is 42.2 Å². The van der Waals surface area contributed by atoms with Crippen molar-refractivity contribution in [2.45, 2.75) is 55.6 Å². The van der Waals surface area contributed by atoms with Crippen LogP contribution in [0.5, 0.6) is 23.0 Å². The minimum atomic E-state index is -1.56. The molecule has 0 amide bonds. The summed E-state index contributed by atoms with van der Waals surface area (Å²) in [7, 11) is 2.98. The van der Waals surface area contributed by atoms with E-state index >= 15 is 0 Å². The van der Waals surface area contributed by atoms with Gasteiger partial charge in [-0.3, -0.25) is 0 Å². The number of aryl methyl sites for hydroxylation is 1. The highest BCUT2D eigenvalue weighted by molar-refractivity contribution is 5.56. The average Bonchev–Trinajstić information content (AvgIpc) is 3.28. The summed E-state index contributed by atoms with van der Waals surface area (Å²) in [4.78, 5) is 0. The van der Waals surface area contributed by atoms with Gasteiger partial charge in [0.1, 0.15) is 30.5 Å². The van der Waals surface area contributed by atoms with Crippen molar-refractivity contribution in [2.75, 3.05) is 34.0 Å². The lowest BCUT2D eigenvalue weighted by Crippen LogP contribution is -2.59. The highest BCUT2D eigenvalue weighted by Crippen LogP contribution is 2.52. The second-order valence-electron chi connectivity index (χ2n) is 9.15. The molecule has 4 rings (SSSR count). The molecule has 1 fully saturated rings. The van der Waals surface area contributed by atoms with Gasteiger partial charge in [0, 0.05) is 12.2 Å². The van der Waals surface area contributed by atoms with Crippen LogP contribution in [-0.2, 0) is 15.9 Å². The van der Waals surface area contributed by atoms with Crippen molar-refractivity contribution >= 4 is 0 Å². The van der Waals surface area contributed by atoms with Crippen molar-refractivity contribution in [3.05, 3.63) is 47.0 Å². The molecule has 2 aliphatic heterocycles. The molecule has 2 heterocycles. The topological polar surface area (TPSA) is 168 Å². The van der Waals surface area contributed by atoms with Gasteiger partial charge in [-0.2, -0.15) is 0 Å². The number of hydrogen-bond donors (Lipinski definition) is 6. The minimum absolute atomic E-state index is 0.0280. The van der Waals surface area contributed by atoms with Crippen molar-refractivity contribution in [1.82, 2.24) is 0 Å². The summed E-state index contributed by atoms with van der Waals surface area (Å²) in [5.74, 6) is 0.812. The van der Waals surface area contributed by atoms with Crippen LogP contribution >= 0.6 is 0 Å². The van der Waals surface area contributed by atoms with Crippen molar-refractivity contribution in [3.63, 3.8) is 0 Å². The molecule has 0 radical (unpaired) electrons. The number of aliphatic hydroxyl groups is 5. The van der Waals surface area contributed by atoms with Gasteiger partial charge in [0.15, 0.2) is 29.3 Å². The van der Waals surface area contributed by atoms with Crippen LogP contribution in [0.4, 0.5) is 0 Å². The van der Waals surface area contributed by atoms with Gasteiger partial charge in [0.25, 0.3) is 0 Å². The van der Waals surface area contributed by atoms with Crippen LogP contribution in [-0.4, -0.2) is 95.4 Å². The first-order valence-electron chi connectivity index (χ1n) is 12.1. The smallest absolute Gasteiger partial charge is 0.186 e. The fraction of sp³-hybridized carbons (Fsp3) is 0.538. The summed E-state index contributed by atoms with van der Waals surface area (Å²) >= 11 is 0. The molecular weight excluding hydrogens is 488 g/mol. The molecule has 37 heavy (non-hydrogen) atoms. The van der Waals surface area contributed by atoms with E-state index < -0.39 is 49.3 Å². The lowest BCUT2D eigenvalue weighted by atomic mass is 9.90. The third-order valence-electron chi connectivity index (χ3n) is 6.82. The van der Waals surface area contributed by atoms with E-state index in [0.29, 0.717) is 29.9 Å². The quantitative estimate of drug-likeness (QED) is 0.255. The fourth-order valence-electron chi connectivity index (χ4n) is 4.79. The lowest BCUT2D eigenvalue weighted by Gasteiger charge is -2.40. The molecule has 2 aromatic rings. The van der Waals surface area contributed by atoms with Crippen molar-refractivity contribution in [3.8, 4) is 23.0 Å². The summed E-state index contributed by atoms with van der Waals surface area (Å²) < 4.78 is 28.6. The molecule has 2 aliphatic rings. The number of phenols is 1. The third-order valence-corrected chi connectivity index (χ3v) is 6.82. The van der Waals surface area contributed by atoms with E-state index in [-0.39, 0.29) is 24.7 Å². The van der Waals surface area contributed by atoms with Gasteiger partial charge in [-0.1, -0.05) is 12.1 Å². The molecule has 11 heteroatoms. The summed E-state index contributed by atoms with van der Waals surface area (Å²) in [5.41, 5.74) is 2.39. The molecule has 0 spiro atoms. The Morgan fingerprint density at radius 1 is 0.919 bits per heavy atom. The number of aromatic hydroxyl groups is 1. The van der Waals surface area contributed by atoms with E-state index in [4.69, 9.17) is 23.7 Å². The molecule has 0 saturated carbocycles. The van der Waals surface area contributed by atoms with E-state index in [0.717, 1.165) is 11.1 Å². The van der Waals surface area contributed by atoms with Crippen LogP contribution < -0.4 is 14.2 Å². The highest BCUT2D eigenvalue weighted by atomic mass is 16.7. The zero-order chi connectivity index (χ0) is 26.7. The largest absolute Gasteiger partial charge is 0.504 e. The molecule has 0 unspecified atom stereocenters. The Hall–Kier alpha value is -2.64. The van der Waals surface area contributed by atoms with E-state index in [1.807, 2.05) is 12.1 Å². The Kier molecular flexibility index (Phi) is 8.75. The fourth-order valence-corrected chi connectivity index (χ4v) is 4.79. The molecule has 0 aromatic heterocycles. The molecule has 204 valence electrons. The van der Waals surface area contributed by atoms with Crippen molar-refractivity contribution in [1.29, 1.82) is 0 Å². The molecule has 0 aliphatic carbocycles. The van der Waals surface area contributed by atoms with E-state index in [1.54, 1.807) is 12.1 Å². The Balaban J connectivity index is 1.68. The summed E-state index contributed by atoms with van der Waals surface area (Å²) in [6.45, 7) is -0.562. The maximum absolute atomic E-state index is 10.4. The Morgan fingerprint density at radius 2 is 1.68 bits per heavy atom. The number of fused-ring (bicyclic) bond motifs is 1. The summed E-state index contributed by atoms with van der Waals surface area (Å²) in [5, 5.41) is 59.5. The molecule has 2 aromatic carbocycles. The second kappa shape index (κ2) is 11.8. The van der Waals surface area contributed by atoms with Crippen LogP contribution in [0.3, 0.4) is 0 Å². The zero-order valence-electron chi connectivity index (χ0n) is 20.7. The first-order valence-corrected chi connectivity index (χ1v) is 12.1. The molecule has 1 saturated heterocycles. The van der Waals surface area contributed by atoms with Gasteiger partial charge in [-0.25, -0.2) is 0 Å². The predicted octanol–water partition coefficient (Wildman–Crippen LogP) is 0.368. The number of methoxy groups -OCH3 is 2. The standard InChI is InChI=1S/C26H34O11/c1-33-18-10-14(5-6-17(18)29)24-16(12-35-26-23(32)22(31)21(30)20(11-28)36-26)15-8-13(4-3-7-27)9-19(34-2)25(15)37-24/h5-6,8-10,16,20-24,26-32H,3-4,7,11-12H2,1-2H3/t16-,20+,21+,22-,23+,24+,26+/m1/s1. The lowest BCUT2D eigenvalue weighted by molar-refractivity contribution is -0.302. The average molecular weight is 523 g/mol. The zero-order valence-corrected chi connectivity index (χ0v) is 20.7. The normalized spacial score (nSPS) is 29.0. The maximum Gasteiger partial charge on any atom is 0.186 e. The van der Waals surface area contributed by atoms with Gasteiger partial charge >= 0.3 is 0 Å². The van der Waals surface area contributed by atoms with E-state index in [9.17, 15) is 30.6 Å². The van der Waals surface area contributed by atoms with Gasteiger partial charge in [0.05, 0.1) is 33.4 Å². The Morgan fingerprint density at radius 3 is 2.35 bits per heavy atom. The molecule has 6 N–H and O–H groups in total. The number of rotatable bonds is 10. The molecule has 0 bridgehead atoms. The Bertz CT molecular complexity index is 1060. The van der Waals surface area contributed by atoms with Gasteiger partial charge < -0.3 is 54.3 Å². The highest BCUT2D eigenvalue weighted by Gasteiger charge is 2.45. The molecular formula is C26H34O11. The first-order chi connectivity index (χ1) is 17.8. The summed E-state index contributed by atoms with van der Waals surface area (Å²) in [6, 6.07) is 8.66. The number of aliphatic hydroxyl groups excluding tert-OH is 5. The first kappa shape index (κ1) is 27.4. The van der Waals surface area contributed by atoms with E-state index in [1.165, 1.54) is 20.3 Å². The number of phenolic OH excluding ortho intramolecular Hbond substituents is 1. The maximum atomic E-state index is 10.4. The van der Waals surface area contributed by atoms with Crippen LogP contribution in [0.1, 0.15) is 35.1 Å². The number of ether oxygens (including phenoxy) is 5. The Labute approximate surface area is 214 Å². The predicted molar refractivity (Wildman–Crippen MR) is 129 cm³/mol. The van der Waals surface area contributed by atoms with Crippen LogP contribution in [0.25, 0.3) is 0 Å². The van der Waals surface area contributed by atoms with Gasteiger partial charge in [-0.15, -0.1) is 0 Å². The van der Waals surface area contributed by atoms with Crippen LogP contribution in [0.15, 0.2) is 30.3 Å². The molecule has 7 atom stereocenters. The number of hydrogen-bond acceptors (Lipinski definition) is 11. The van der Waals surface area contributed by atoms with Gasteiger partial charge in [0.2, 0.25) is 0 Å². The second-order valence-corrected chi connectivity index (χ2v) is 9.15. The monoisotopic (exact) mass is 522 g/mol. The third kappa shape index (κ3) is 5.48. The number of benzene rings is 2. The van der Waals surface area contributed by atoms with Crippen molar-refractivity contribution < 1.29 is 54.3 Å². The summed E-state index contributed by atoms with van der Waals surface area (Å²) in [6.07, 6.45) is -6.44. The van der Waals surface area contributed by atoms with Crippen molar-refractivity contribution in [2.24, 2.45) is 0 Å². The SMILES string of the molecule is COc1cc([C@@H]2Oc3c(OC)cc(CCCO)cc3[C@H]2CO[C@H]2O[C@@H](CO)[C@H](O)[C@@H](O)[C@@H]2O)ccc1O. The van der Waals surface area contributed by atoms with Crippen LogP contribution in [0, 0.1) is 0 Å². The molecule has 11 nitrogen and oxygen atoms in total.